The van der Waals surface area contributed by atoms with Gasteiger partial charge in [-0.3, -0.25) is 5.43 Å². The molecule has 1 aromatic carbocycles. The Bertz CT molecular complexity index is 447. The van der Waals surface area contributed by atoms with Crippen molar-refractivity contribution in [3.8, 4) is 11.5 Å². The van der Waals surface area contributed by atoms with Crippen LogP contribution in [0.1, 0.15) is 11.1 Å². The van der Waals surface area contributed by atoms with Gasteiger partial charge in [-0.15, -0.1) is 0 Å². The fourth-order valence-electron chi connectivity index (χ4n) is 1.34. The number of nitrogens with two attached hydrogens (primary N) is 1. The Morgan fingerprint density at radius 1 is 1.35 bits per heavy atom. The van der Waals surface area contributed by atoms with Crippen molar-refractivity contribution in [3.63, 3.8) is 0 Å². The molecular formula is C11H15N3O2S. The minimum Gasteiger partial charge on any atom is -0.496 e. The lowest BCUT2D eigenvalue weighted by atomic mass is 10.1. The molecule has 0 aromatic heterocycles. The first-order chi connectivity index (χ1) is 8.08. The van der Waals surface area contributed by atoms with Gasteiger partial charge >= 0.3 is 0 Å². The highest BCUT2D eigenvalue weighted by molar-refractivity contribution is 7.80. The first-order valence-electron chi connectivity index (χ1n) is 4.89. The average molecular weight is 253 g/mol. The monoisotopic (exact) mass is 253 g/mol. The third-order valence-electron chi connectivity index (χ3n) is 2.13. The molecule has 6 heteroatoms. The molecular weight excluding hydrogens is 238 g/mol. The number of nitrogens with one attached hydrogen (secondary N) is 1. The maximum Gasteiger partial charge on any atom is 0.184 e. The quantitative estimate of drug-likeness (QED) is 0.479. The van der Waals surface area contributed by atoms with E-state index in [4.69, 9.17) is 15.2 Å². The topological polar surface area (TPSA) is 68.9 Å². The lowest BCUT2D eigenvalue weighted by molar-refractivity contribution is 0.400. The Morgan fingerprint density at radius 2 is 2.00 bits per heavy atom. The molecule has 5 nitrogen and oxygen atoms in total. The van der Waals surface area contributed by atoms with Crippen molar-refractivity contribution in [3.05, 3.63) is 23.3 Å². The molecule has 0 spiro atoms. The zero-order valence-corrected chi connectivity index (χ0v) is 10.8. The summed E-state index contributed by atoms with van der Waals surface area (Å²) in [5, 5.41) is 3.99. The van der Waals surface area contributed by atoms with Crippen LogP contribution in [0.25, 0.3) is 0 Å². The van der Waals surface area contributed by atoms with E-state index >= 15 is 0 Å². The van der Waals surface area contributed by atoms with Crippen LogP contribution in [0.3, 0.4) is 0 Å². The Kier molecular flexibility index (Phi) is 4.71. The SMILES string of the molecule is COc1cc(C=NNC(N)=S)c(OC)cc1C. The first-order valence-corrected chi connectivity index (χ1v) is 5.30. The van der Waals surface area contributed by atoms with E-state index in [1.807, 2.05) is 19.1 Å². The van der Waals surface area contributed by atoms with Gasteiger partial charge < -0.3 is 15.2 Å². The molecule has 0 atom stereocenters. The summed E-state index contributed by atoms with van der Waals surface area (Å²) in [5.41, 5.74) is 9.50. The molecule has 0 unspecified atom stereocenters. The molecule has 0 saturated heterocycles. The third-order valence-corrected chi connectivity index (χ3v) is 2.22. The van der Waals surface area contributed by atoms with E-state index in [9.17, 15) is 0 Å². The van der Waals surface area contributed by atoms with Gasteiger partial charge in [-0.2, -0.15) is 5.10 Å². The molecule has 1 rings (SSSR count). The number of aryl methyl sites for hydroxylation is 1. The average Bonchev–Trinajstić information content (AvgIpc) is 2.30. The number of rotatable bonds is 4. The van der Waals surface area contributed by atoms with Crippen LogP contribution in [0.5, 0.6) is 11.5 Å². The van der Waals surface area contributed by atoms with Crippen LogP contribution in [0, 0.1) is 6.92 Å². The van der Waals surface area contributed by atoms with E-state index in [1.54, 1.807) is 20.4 Å². The minimum atomic E-state index is 0.110. The molecule has 92 valence electrons. The van der Waals surface area contributed by atoms with E-state index in [2.05, 4.69) is 22.7 Å². The van der Waals surface area contributed by atoms with E-state index in [0.717, 1.165) is 16.9 Å². The second-order valence-electron chi connectivity index (χ2n) is 3.30. The second kappa shape index (κ2) is 6.05. The van der Waals surface area contributed by atoms with E-state index in [1.165, 1.54) is 0 Å². The highest BCUT2D eigenvalue weighted by atomic mass is 32.1. The third kappa shape index (κ3) is 3.60. The normalized spacial score (nSPS) is 10.3. The summed E-state index contributed by atoms with van der Waals surface area (Å²) in [6, 6.07) is 3.71. The molecule has 17 heavy (non-hydrogen) atoms. The number of methoxy groups -OCH3 is 2. The molecule has 0 bridgehead atoms. The molecule has 0 aliphatic carbocycles. The van der Waals surface area contributed by atoms with Gasteiger partial charge in [0.25, 0.3) is 0 Å². The predicted octanol–water partition coefficient (Wildman–Crippen LogP) is 1.18. The highest BCUT2D eigenvalue weighted by Gasteiger charge is 2.06. The Labute approximate surface area is 106 Å². The van der Waals surface area contributed by atoms with Gasteiger partial charge in [-0.05, 0) is 36.8 Å². The summed E-state index contributed by atoms with van der Waals surface area (Å²) in [4.78, 5) is 0. The molecule has 0 aliphatic heterocycles. The van der Waals surface area contributed by atoms with E-state index in [-0.39, 0.29) is 5.11 Å². The van der Waals surface area contributed by atoms with E-state index in [0.29, 0.717) is 5.75 Å². The molecule has 0 aliphatic rings. The van der Waals surface area contributed by atoms with Gasteiger partial charge in [-0.1, -0.05) is 0 Å². The summed E-state index contributed by atoms with van der Waals surface area (Å²) >= 11 is 4.64. The summed E-state index contributed by atoms with van der Waals surface area (Å²) in [5.74, 6) is 1.47. The maximum absolute atomic E-state index is 5.26. The molecule has 3 N–H and O–H groups in total. The highest BCUT2D eigenvalue weighted by Crippen LogP contribution is 2.26. The van der Waals surface area contributed by atoms with Crippen molar-refractivity contribution in [1.29, 1.82) is 0 Å². The van der Waals surface area contributed by atoms with Gasteiger partial charge in [0, 0.05) is 5.56 Å². The number of benzene rings is 1. The second-order valence-corrected chi connectivity index (χ2v) is 3.74. The molecule has 0 fully saturated rings. The van der Waals surface area contributed by atoms with Crippen molar-refractivity contribution in [2.75, 3.05) is 14.2 Å². The standard InChI is InChI=1S/C11H15N3O2S/c1-7-4-10(16-3)8(5-9(7)15-2)6-13-14-11(12)17/h4-6H,1-3H3,(H3,12,14,17). The summed E-state index contributed by atoms with van der Waals surface area (Å²) in [7, 11) is 3.21. The van der Waals surface area contributed by atoms with Crippen molar-refractivity contribution in [1.82, 2.24) is 5.43 Å². The van der Waals surface area contributed by atoms with Crippen molar-refractivity contribution >= 4 is 23.5 Å². The lowest BCUT2D eigenvalue weighted by Gasteiger charge is -2.10. The summed E-state index contributed by atoms with van der Waals surface area (Å²) in [6.07, 6.45) is 1.57. The number of hydrogen-bond acceptors (Lipinski definition) is 4. The first kappa shape index (κ1) is 13.2. The zero-order valence-electron chi connectivity index (χ0n) is 9.98. The summed E-state index contributed by atoms with van der Waals surface area (Å²) < 4.78 is 10.5. The number of nitrogens with zero attached hydrogens (tertiary/aromatic N) is 1. The smallest absolute Gasteiger partial charge is 0.184 e. The van der Waals surface area contributed by atoms with E-state index < -0.39 is 0 Å². The van der Waals surface area contributed by atoms with Gasteiger partial charge in [0.2, 0.25) is 0 Å². The predicted molar refractivity (Wildman–Crippen MR) is 71.8 cm³/mol. The minimum absolute atomic E-state index is 0.110. The Morgan fingerprint density at radius 3 is 2.53 bits per heavy atom. The lowest BCUT2D eigenvalue weighted by Crippen LogP contribution is -2.24. The molecule has 0 saturated carbocycles. The van der Waals surface area contributed by atoms with Crippen LogP contribution in [-0.2, 0) is 0 Å². The largest absolute Gasteiger partial charge is 0.496 e. The van der Waals surface area contributed by atoms with Gasteiger partial charge in [0.1, 0.15) is 11.5 Å². The van der Waals surface area contributed by atoms with Crippen molar-refractivity contribution in [2.24, 2.45) is 10.8 Å². The molecule has 1 aromatic rings. The number of thiocarbonyl (C=S) groups is 1. The maximum atomic E-state index is 5.26. The molecule has 0 heterocycles. The van der Waals surface area contributed by atoms with Gasteiger partial charge in [-0.25, -0.2) is 0 Å². The van der Waals surface area contributed by atoms with Gasteiger partial charge in [0.05, 0.1) is 20.4 Å². The van der Waals surface area contributed by atoms with Crippen LogP contribution in [-0.4, -0.2) is 25.5 Å². The van der Waals surface area contributed by atoms with Crippen LogP contribution < -0.4 is 20.6 Å². The van der Waals surface area contributed by atoms with Gasteiger partial charge in [0.15, 0.2) is 5.11 Å². The van der Waals surface area contributed by atoms with Crippen molar-refractivity contribution in [2.45, 2.75) is 6.92 Å². The van der Waals surface area contributed by atoms with Crippen LogP contribution in [0.2, 0.25) is 0 Å². The molecule has 0 radical (unpaired) electrons. The van der Waals surface area contributed by atoms with Crippen LogP contribution >= 0.6 is 12.2 Å². The zero-order chi connectivity index (χ0) is 12.8. The van der Waals surface area contributed by atoms with Crippen molar-refractivity contribution < 1.29 is 9.47 Å². The van der Waals surface area contributed by atoms with Crippen LogP contribution in [0.15, 0.2) is 17.2 Å². The Balaban J connectivity index is 3.03. The van der Waals surface area contributed by atoms with Crippen LogP contribution in [0.4, 0.5) is 0 Å². The number of ether oxygens (including phenoxy) is 2. The molecule has 0 amide bonds. The Hall–Kier alpha value is -1.82. The fourth-order valence-corrected chi connectivity index (χ4v) is 1.39. The summed E-state index contributed by atoms with van der Waals surface area (Å²) in [6.45, 7) is 1.94. The number of hydrogen-bond donors (Lipinski definition) is 2. The number of hydrazone groups is 1. The fraction of sp³-hybridized carbons (Fsp3) is 0.273.